The number of likely N-dealkylation sites (N-methyl/N-ethyl adjacent to an activating group) is 1. The normalized spacial score (nSPS) is 10.9. The lowest BCUT2D eigenvalue weighted by Crippen LogP contribution is -2.37. The Morgan fingerprint density at radius 2 is 1.91 bits per heavy atom. The highest BCUT2D eigenvalue weighted by molar-refractivity contribution is 5.85. The maximum absolute atomic E-state index is 11.1. The Morgan fingerprint density at radius 1 is 1.45 bits per heavy atom. The first-order chi connectivity index (χ1) is 4.89. The summed E-state index contributed by atoms with van der Waals surface area (Å²) in [5.74, 6) is -0.319. The van der Waals surface area contributed by atoms with Crippen LogP contribution in [0.1, 0.15) is 6.92 Å². The second-order valence-electron chi connectivity index (χ2n) is 3.18. The number of nitrogens with zero attached hydrogens (tertiary/aromatic N) is 1. The highest BCUT2D eigenvalue weighted by atomic mass is 16.5. The fourth-order valence-corrected chi connectivity index (χ4v) is 0.488. The van der Waals surface area contributed by atoms with Crippen LogP contribution in [0.2, 0.25) is 0 Å². The van der Waals surface area contributed by atoms with Crippen molar-refractivity contribution in [3.8, 4) is 0 Å². The number of rotatable bonds is 3. The molecule has 0 aromatic heterocycles. The van der Waals surface area contributed by atoms with Gasteiger partial charge in [-0.05, 0) is 13.5 Å². The van der Waals surface area contributed by atoms with Crippen LogP contribution in [0.4, 0.5) is 0 Å². The van der Waals surface area contributed by atoms with E-state index in [1.165, 1.54) is 0 Å². The number of quaternary nitrogens is 1. The standard InChI is InChI=1S/C8H16NO2/c1-6-11-8(10)7(2)9(3,4)5/h2,6H2,1,3-5H3/q+1. The van der Waals surface area contributed by atoms with Crippen molar-refractivity contribution in [3.63, 3.8) is 0 Å². The molecule has 0 aliphatic carbocycles. The van der Waals surface area contributed by atoms with Gasteiger partial charge >= 0.3 is 5.97 Å². The number of hydrogen-bond acceptors (Lipinski definition) is 2. The molecular formula is C8H16NO2+. The molecule has 0 spiro atoms. The molecule has 0 N–H and O–H groups in total. The molecule has 11 heavy (non-hydrogen) atoms. The van der Waals surface area contributed by atoms with Crippen molar-refractivity contribution in [1.82, 2.24) is 0 Å². The molecule has 0 saturated carbocycles. The molecule has 0 radical (unpaired) electrons. The van der Waals surface area contributed by atoms with Crippen LogP contribution >= 0.6 is 0 Å². The van der Waals surface area contributed by atoms with Crippen molar-refractivity contribution in [2.45, 2.75) is 6.92 Å². The molecule has 0 aliphatic rings. The molecule has 64 valence electrons. The third kappa shape index (κ3) is 3.18. The SMILES string of the molecule is C=C(C(=O)OCC)[N+](C)(C)C. The number of ether oxygens (including phenoxy) is 1. The summed E-state index contributed by atoms with van der Waals surface area (Å²) in [7, 11) is 5.62. The minimum atomic E-state index is -0.319. The topological polar surface area (TPSA) is 26.3 Å². The molecule has 0 fully saturated rings. The van der Waals surface area contributed by atoms with Crippen LogP contribution in [0, 0.1) is 0 Å². The van der Waals surface area contributed by atoms with E-state index in [1.807, 2.05) is 21.1 Å². The maximum Gasteiger partial charge on any atom is 0.392 e. The van der Waals surface area contributed by atoms with Crippen molar-refractivity contribution in [2.75, 3.05) is 27.7 Å². The van der Waals surface area contributed by atoms with Crippen molar-refractivity contribution in [2.24, 2.45) is 0 Å². The van der Waals surface area contributed by atoms with Gasteiger partial charge in [0.05, 0.1) is 27.7 Å². The van der Waals surface area contributed by atoms with Crippen LogP contribution in [0.3, 0.4) is 0 Å². The first kappa shape index (κ1) is 10.2. The summed E-state index contributed by atoms with van der Waals surface area (Å²) < 4.78 is 5.19. The molecule has 0 saturated heterocycles. The Kier molecular flexibility index (Phi) is 3.26. The summed E-state index contributed by atoms with van der Waals surface area (Å²) in [5.41, 5.74) is 0.465. The van der Waals surface area contributed by atoms with E-state index in [0.29, 0.717) is 16.8 Å². The number of carbonyl (C=O) groups is 1. The van der Waals surface area contributed by atoms with Crippen molar-refractivity contribution < 1.29 is 14.0 Å². The zero-order valence-electron chi connectivity index (χ0n) is 7.68. The molecule has 0 bridgehead atoms. The molecule has 3 heteroatoms. The summed E-state index contributed by atoms with van der Waals surface area (Å²) in [6.07, 6.45) is 0. The third-order valence-corrected chi connectivity index (χ3v) is 1.32. The van der Waals surface area contributed by atoms with Gasteiger partial charge < -0.3 is 4.74 Å². The summed E-state index contributed by atoms with van der Waals surface area (Å²) in [4.78, 5) is 11.1. The smallest absolute Gasteiger partial charge is 0.392 e. The van der Waals surface area contributed by atoms with E-state index in [0.717, 1.165) is 0 Å². The summed E-state index contributed by atoms with van der Waals surface area (Å²) in [5, 5.41) is 0. The number of hydrogen-bond donors (Lipinski definition) is 0. The largest absolute Gasteiger partial charge is 0.459 e. The Bertz CT molecular complexity index is 167. The van der Waals surface area contributed by atoms with Gasteiger partial charge in [-0.1, -0.05) is 0 Å². The van der Waals surface area contributed by atoms with Gasteiger partial charge in [-0.2, -0.15) is 0 Å². The third-order valence-electron chi connectivity index (χ3n) is 1.32. The van der Waals surface area contributed by atoms with Gasteiger partial charge in [0.1, 0.15) is 0 Å². The van der Waals surface area contributed by atoms with E-state index in [9.17, 15) is 4.79 Å². The van der Waals surface area contributed by atoms with Gasteiger partial charge in [-0.15, -0.1) is 0 Å². The van der Waals surface area contributed by atoms with E-state index in [1.54, 1.807) is 6.92 Å². The maximum atomic E-state index is 11.1. The van der Waals surface area contributed by atoms with E-state index in [2.05, 4.69) is 6.58 Å². The van der Waals surface area contributed by atoms with Crippen molar-refractivity contribution >= 4 is 5.97 Å². The molecular weight excluding hydrogens is 142 g/mol. The van der Waals surface area contributed by atoms with Crippen LogP contribution < -0.4 is 0 Å². The van der Waals surface area contributed by atoms with Crippen molar-refractivity contribution in [3.05, 3.63) is 12.3 Å². The second-order valence-corrected chi connectivity index (χ2v) is 3.18. The molecule has 0 atom stereocenters. The minimum Gasteiger partial charge on any atom is -0.459 e. The molecule has 0 unspecified atom stereocenters. The highest BCUT2D eigenvalue weighted by Gasteiger charge is 2.22. The summed E-state index contributed by atoms with van der Waals surface area (Å²) in [6.45, 7) is 5.82. The first-order valence-electron chi connectivity index (χ1n) is 3.57. The van der Waals surface area contributed by atoms with Crippen LogP contribution in [0.5, 0.6) is 0 Å². The van der Waals surface area contributed by atoms with Crippen molar-refractivity contribution in [1.29, 1.82) is 0 Å². The molecule has 0 rings (SSSR count). The Labute approximate surface area is 67.8 Å². The Balaban J connectivity index is 4.15. The lowest BCUT2D eigenvalue weighted by molar-refractivity contribution is -0.826. The zero-order valence-corrected chi connectivity index (χ0v) is 7.68. The van der Waals surface area contributed by atoms with Gasteiger partial charge in [0, 0.05) is 0 Å². The summed E-state index contributed by atoms with van der Waals surface area (Å²) in [6, 6.07) is 0. The zero-order chi connectivity index (χ0) is 9.07. The average molecular weight is 158 g/mol. The summed E-state index contributed by atoms with van der Waals surface area (Å²) >= 11 is 0. The highest BCUT2D eigenvalue weighted by Crippen LogP contribution is 2.06. The number of carbonyl (C=O) groups excluding carboxylic acids is 1. The fourth-order valence-electron chi connectivity index (χ4n) is 0.488. The van der Waals surface area contributed by atoms with Gasteiger partial charge in [0.25, 0.3) is 0 Å². The molecule has 0 heterocycles. The number of esters is 1. The second kappa shape index (κ2) is 3.53. The van der Waals surface area contributed by atoms with Crippen LogP contribution in [0.15, 0.2) is 12.3 Å². The van der Waals surface area contributed by atoms with E-state index >= 15 is 0 Å². The van der Waals surface area contributed by atoms with Gasteiger partial charge in [-0.25, -0.2) is 4.79 Å². The van der Waals surface area contributed by atoms with Crippen LogP contribution in [-0.2, 0) is 9.53 Å². The lowest BCUT2D eigenvalue weighted by Gasteiger charge is -2.23. The van der Waals surface area contributed by atoms with Gasteiger partial charge in [0.2, 0.25) is 5.70 Å². The minimum absolute atomic E-state index is 0.319. The molecule has 0 aromatic rings. The predicted octanol–water partition coefficient (Wildman–Crippen LogP) is 0.769. The predicted molar refractivity (Wildman–Crippen MR) is 43.8 cm³/mol. The molecule has 3 nitrogen and oxygen atoms in total. The van der Waals surface area contributed by atoms with E-state index < -0.39 is 0 Å². The van der Waals surface area contributed by atoms with Gasteiger partial charge in [-0.3, -0.25) is 4.48 Å². The van der Waals surface area contributed by atoms with Crippen LogP contribution in [0.25, 0.3) is 0 Å². The quantitative estimate of drug-likeness (QED) is 0.344. The lowest BCUT2D eigenvalue weighted by atomic mass is 10.4. The molecule has 0 aromatic carbocycles. The molecule has 0 aliphatic heterocycles. The van der Waals surface area contributed by atoms with E-state index in [-0.39, 0.29) is 5.97 Å². The van der Waals surface area contributed by atoms with Gasteiger partial charge in [0.15, 0.2) is 0 Å². The fraction of sp³-hybridized carbons (Fsp3) is 0.625. The molecule has 0 amide bonds. The van der Waals surface area contributed by atoms with E-state index in [4.69, 9.17) is 4.74 Å². The average Bonchev–Trinajstić information content (AvgIpc) is 1.85. The Hall–Kier alpha value is -0.830. The monoisotopic (exact) mass is 158 g/mol. The van der Waals surface area contributed by atoms with Crippen LogP contribution in [-0.4, -0.2) is 38.2 Å². The first-order valence-corrected chi connectivity index (χ1v) is 3.57. The Morgan fingerprint density at radius 3 is 2.18 bits per heavy atom.